The first-order valence-electron chi connectivity index (χ1n) is 14.1. The Labute approximate surface area is 279 Å². The van der Waals surface area contributed by atoms with Crippen molar-refractivity contribution in [2.75, 3.05) is 0 Å². The third kappa shape index (κ3) is 5.42. The third-order valence-electron chi connectivity index (χ3n) is 7.73. The Morgan fingerprint density at radius 3 is 2.33 bits per heavy atom. The number of hydrogen-bond acceptors (Lipinski definition) is 7. The van der Waals surface area contributed by atoms with E-state index in [-0.39, 0.29) is 0 Å². The van der Waals surface area contributed by atoms with Crippen molar-refractivity contribution in [1.29, 1.82) is 10.5 Å². The van der Waals surface area contributed by atoms with Crippen LogP contribution in [0.15, 0.2) is 112 Å². The maximum absolute atomic E-state index is 9.33. The van der Waals surface area contributed by atoms with E-state index in [0.29, 0.717) is 37.5 Å². The Bertz CT molecular complexity index is 2440. The third-order valence-corrected chi connectivity index (χ3v) is 9.91. The van der Waals surface area contributed by atoms with Crippen LogP contribution in [0, 0.1) is 22.7 Å². The molecule has 0 saturated carbocycles. The molecule has 7 rings (SSSR count). The van der Waals surface area contributed by atoms with Crippen LogP contribution in [0.1, 0.15) is 18.3 Å². The molecular formula is C37H21N6STl. The first-order valence-corrected chi connectivity index (χ1v) is 16.9. The first-order chi connectivity index (χ1) is 22.1. The minimum atomic E-state index is 0.366. The van der Waals surface area contributed by atoms with Gasteiger partial charge in [0.05, 0.1) is 11.4 Å². The fraction of sp³-hybridized carbons (Fsp3) is 0.0270. The van der Waals surface area contributed by atoms with Crippen LogP contribution in [-0.2, 0) is 0 Å². The summed E-state index contributed by atoms with van der Waals surface area (Å²) in [6, 6.07) is 37.2. The fourth-order valence-electron chi connectivity index (χ4n) is 5.60. The molecule has 7 aromatic rings. The molecule has 0 bridgehead atoms. The van der Waals surface area contributed by atoms with Crippen molar-refractivity contribution in [3.05, 3.63) is 121 Å². The Morgan fingerprint density at radius 2 is 1.53 bits per heavy atom. The fourth-order valence-corrected chi connectivity index (χ4v) is 7.32. The van der Waals surface area contributed by atoms with Crippen LogP contribution in [0.3, 0.4) is 0 Å². The zero-order valence-corrected chi connectivity index (χ0v) is 29.4. The van der Waals surface area contributed by atoms with Crippen LogP contribution in [0.25, 0.3) is 70.3 Å². The topological polar surface area (TPSA) is 98.6 Å². The van der Waals surface area contributed by atoms with E-state index < -0.39 is 0 Å². The van der Waals surface area contributed by atoms with Gasteiger partial charge in [-0.1, -0.05) is 30.3 Å². The second kappa shape index (κ2) is 12.1. The molecule has 0 spiro atoms. The molecule has 0 amide bonds. The van der Waals surface area contributed by atoms with Gasteiger partial charge < -0.3 is 0 Å². The SMILES string of the molecule is C/C(=C\C(C#N)=[N][Tl])c1cccc(-c2ccc3c(c2)sc2cc(-c4cccc(-c5ccnc(C#N)c5)n4)c4ccccc4c23)n1. The molecular weight excluding hydrogens is 765 g/mol. The Balaban J connectivity index is 1.35. The number of fused-ring (bicyclic) bond motifs is 5. The Kier molecular flexibility index (Phi) is 7.72. The molecule has 0 aliphatic heterocycles. The predicted molar refractivity (Wildman–Crippen MR) is 184 cm³/mol. The molecule has 6 nitrogen and oxygen atoms in total. The first kappa shape index (κ1) is 28.7. The van der Waals surface area contributed by atoms with Gasteiger partial charge >= 0.3 is 154 Å². The van der Waals surface area contributed by atoms with Gasteiger partial charge in [0.25, 0.3) is 0 Å². The quantitative estimate of drug-likeness (QED) is 0.129. The summed E-state index contributed by atoms with van der Waals surface area (Å²) in [5, 5.41) is 23.4. The van der Waals surface area contributed by atoms with E-state index in [0.717, 1.165) is 50.4 Å². The number of nitrogens with zero attached hydrogens (tertiary/aromatic N) is 6. The van der Waals surface area contributed by atoms with Gasteiger partial charge in [-0.2, -0.15) is 5.26 Å². The second-order valence-corrected chi connectivity index (χ2v) is 12.6. The normalized spacial score (nSPS) is 12.0. The van der Waals surface area contributed by atoms with Gasteiger partial charge in [-0.25, -0.2) is 9.97 Å². The molecule has 3 aromatic carbocycles. The Morgan fingerprint density at radius 1 is 0.778 bits per heavy atom. The van der Waals surface area contributed by atoms with Gasteiger partial charge in [-0.05, 0) is 41.1 Å². The summed E-state index contributed by atoms with van der Waals surface area (Å²) in [7, 11) is 0. The number of aromatic nitrogens is 3. The van der Waals surface area contributed by atoms with Crippen LogP contribution in [0.5, 0.6) is 0 Å². The van der Waals surface area contributed by atoms with Gasteiger partial charge in [0.2, 0.25) is 0 Å². The second-order valence-electron chi connectivity index (χ2n) is 10.5. The summed E-state index contributed by atoms with van der Waals surface area (Å²) in [6.07, 6.45) is 3.45. The van der Waals surface area contributed by atoms with Gasteiger partial charge in [0.1, 0.15) is 11.8 Å². The van der Waals surface area contributed by atoms with Crippen molar-refractivity contribution in [2.45, 2.75) is 6.92 Å². The Hall–Kier alpha value is -5.10. The number of pyridine rings is 3. The zero-order chi connectivity index (χ0) is 30.9. The van der Waals surface area contributed by atoms with Gasteiger partial charge in [0.15, 0.2) is 0 Å². The molecule has 4 heterocycles. The molecule has 0 atom stereocenters. The van der Waals surface area contributed by atoms with Crippen molar-refractivity contribution < 1.29 is 0 Å². The van der Waals surface area contributed by atoms with E-state index in [9.17, 15) is 10.5 Å². The minimum absolute atomic E-state index is 0.366. The maximum atomic E-state index is 9.33. The molecule has 0 unspecified atom stereocenters. The zero-order valence-electron chi connectivity index (χ0n) is 24.1. The molecule has 0 radical (unpaired) electrons. The van der Waals surface area contributed by atoms with Crippen molar-refractivity contribution in [1.82, 2.24) is 15.0 Å². The number of benzene rings is 3. The molecule has 0 aliphatic carbocycles. The van der Waals surface area contributed by atoms with Crippen molar-refractivity contribution >= 4 is 79.6 Å². The van der Waals surface area contributed by atoms with E-state index in [4.69, 9.17) is 9.97 Å². The van der Waals surface area contributed by atoms with Gasteiger partial charge in [-0.3, -0.25) is 0 Å². The van der Waals surface area contributed by atoms with Crippen LogP contribution < -0.4 is 0 Å². The summed E-state index contributed by atoms with van der Waals surface area (Å²) in [6.45, 7) is 1.96. The molecule has 0 N–H and O–H groups in total. The van der Waals surface area contributed by atoms with Crippen molar-refractivity contribution in [3.8, 4) is 45.9 Å². The summed E-state index contributed by atoms with van der Waals surface area (Å²) >= 11 is 2.14. The van der Waals surface area contributed by atoms with E-state index in [2.05, 4.69) is 68.5 Å². The average Bonchev–Trinajstić information content (AvgIpc) is 3.48. The van der Waals surface area contributed by atoms with Gasteiger partial charge in [-0.15, -0.1) is 0 Å². The molecule has 4 aromatic heterocycles. The number of rotatable bonds is 5. The van der Waals surface area contributed by atoms with Crippen LogP contribution in [-0.4, -0.2) is 46.7 Å². The standard InChI is InChI=1S/C37H21N6S.Tl/c1-22(16-25(40)20-38)31-8-4-9-32(42-31)23-12-13-29-35(18-23)44-36-19-30(27-6-2-3-7-28(27)37(29)36)34-11-5-10-33(43-34)24-14-15-41-26(17-24)21-39;/h2-19H,1H3;/q-1;+1/b22-16+;. The van der Waals surface area contributed by atoms with Crippen LogP contribution in [0.4, 0.5) is 0 Å². The monoisotopic (exact) mass is 786 g/mol. The molecule has 0 saturated heterocycles. The summed E-state index contributed by atoms with van der Waals surface area (Å²) in [4.78, 5) is 14.1. The summed E-state index contributed by atoms with van der Waals surface area (Å²) < 4.78 is 6.55. The molecule has 0 aliphatic rings. The predicted octanol–water partition coefficient (Wildman–Crippen LogP) is 8.72. The number of nitriles is 2. The van der Waals surface area contributed by atoms with Crippen LogP contribution in [0.2, 0.25) is 0 Å². The van der Waals surface area contributed by atoms with E-state index in [1.807, 2.05) is 49.4 Å². The molecule has 208 valence electrons. The number of hydrogen-bond donors (Lipinski definition) is 0. The van der Waals surface area contributed by atoms with E-state index >= 15 is 0 Å². The average molecular weight is 786 g/mol. The molecule has 0 fully saturated rings. The van der Waals surface area contributed by atoms with Crippen molar-refractivity contribution in [2.24, 2.45) is 2.80 Å². The number of allylic oxidation sites excluding steroid dienone is 2. The van der Waals surface area contributed by atoms with E-state index in [1.165, 1.54) is 25.6 Å². The number of thiophene rings is 1. The summed E-state index contributed by atoms with van der Waals surface area (Å²) in [5.74, 6) is 0. The van der Waals surface area contributed by atoms with E-state index in [1.54, 1.807) is 29.7 Å². The molecule has 45 heavy (non-hydrogen) atoms. The summed E-state index contributed by atoms with van der Waals surface area (Å²) in [5.41, 5.74) is 8.05. The molecule has 8 heteroatoms. The van der Waals surface area contributed by atoms with Crippen molar-refractivity contribution in [3.63, 3.8) is 0 Å². The van der Waals surface area contributed by atoms with Gasteiger partial charge in [0, 0.05) is 17.3 Å². The van der Waals surface area contributed by atoms with Crippen LogP contribution >= 0.6 is 11.3 Å².